The third-order valence-corrected chi connectivity index (χ3v) is 1.69. The van der Waals surface area contributed by atoms with Crippen molar-refractivity contribution < 1.29 is 19.0 Å². The number of phenolic OH excluding ortho intramolecular Hbond substituents is 1. The molecule has 1 aromatic rings. The van der Waals surface area contributed by atoms with Crippen molar-refractivity contribution in [3.63, 3.8) is 0 Å². The molecule has 0 saturated carbocycles. The molecule has 0 amide bonds. The summed E-state index contributed by atoms with van der Waals surface area (Å²) in [7, 11) is 0. The monoisotopic (exact) mass is 188 g/mol. The number of hydrogen-bond acceptors (Lipinski definition) is 2. The Labute approximate surface area is 74.4 Å². The molecule has 0 bridgehead atoms. The highest BCUT2D eigenvalue weighted by Gasteiger charge is 2.26. The number of aliphatic hydroxyl groups is 1. The van der Waals surface area contributed by atoms with Crippen LogP contribution in [-0.4, -0.2) is 10.2 Å². The second-order valence-corrected chi connectivity index (χ2v) is 3.31. The number of rotatable bonds is 1. The zero-order valence-electron chi connectivity index (χ0n) is 7.31. The minimum atomic E-state index is -1.60. The van der Waals surface area contributed by atoms with Crippen molar-refractivity contribution in [3.8, 4) is 5.75 Å². The lowest BCUT2D eigenvalue weighted by Gasteiger charge is -2.19. The molecule has 0 aliphatic heterocycles. The van der Waals surface area contributed by atoms with Crippen LogP contribution in [-0.2, 0) is 5.60 Å². The molecule has 0 heterocycles. The predicted molar refractivity (Wildman–Crippen MR) is 43.3 cm³/mol. The molecule has 0 atom stereocenters. The van der Waals surface area contributed by atoms with Gasteiger partial charge in [-0.25, -0.2) is 8.78 Å². The van der Waals surface area contributed by atoms with Crippen LogP contribution in [0.5, 0.6) is 5.75 Å². The molecule has 4 heteroatoms. The maximum Gasteiger partial charge on any atom is 0.165 e. The van der Waals surface area contributed by atoms with E-state index in [2.05, 4.69) is 0 Å². The van der Waals surface area contributed by atoms with Crippen LogP contribution < -0.4 is 0 Å². The summed E-state index contributed by atoms with van der Waals surface area (Å²) in [5, 5.41) is 18.5. The highest BCUT2D eigenvalue weighted by Crippen LogP contribution is 2.32. The van der Waals surface area contributed by atoms with Gasteiger partial charge in [-0.3, -0.25) is 0 Å². The zero-order chi connectivity index (χ0) is 10.2. The van der Waals surface area contributed by atoms with Gasteiger partial charge in [-0.05, 0) is 26.0 Å². The second kappa shape index (κ2) is 2.96. The summed E-state index contributed by atoms with van der Waals surface area (Å²) in [6.07, 6.45) is 0. The maximum absolute atomic E-state index is 13.0. The van der Waals surface area contributed by atoms with Gasteiger partial charge in [0.15, 0.2) is 11.6 Å². The highest BCUT2D eigenvalue weighted by atomic mass is 19.1. The van der Waals surface area contributed by atoms with Crippen LogP contribution in [0.25, 0.3) is 0 Å². The first kappa shape index (κ1) is 9.92. The minimum Gasteiger partial charge on any atom is -0.504 e. The molecule has 0 spiro atoms. The number of hydrogen-bond donors (Lipinski definition) is 2. The lowest BCUT2D eigenvalue weighted by Crippen LogP contribution is -2.18. The van der Waals surface area contributed by atoms with E-state index >= 15 is 0 Å². The third-order valence-electron chi connectivity index (χ3n) is 1.69. The molecule has 13 heavy (non-hydrogen) atoms. The van der Waals surface area contributed by atoms with Crippen molar-refractivity contribution >= 4 is 0 Å². The van der Waals surface area contributed by atoms with E-state index in [0.717, 1.165) is 12.1 Å². The standard InChI is InChI=1S/C9H10F2O2/c1-9(2,13)7-5(10)3-4-6(11)8(7)12/h3-4,12-13H,1-2H3. The van der Waals surface area contributed by atoms with E-state index in [1.807, 2.05) is 0 Å². The Morgan fingerprint density at radius 3 is 2.00 bits per heavy atom. The van der Waals surface area contributed by atoms with E-state index in [0.29, 0.717) is 0 Å². The molecule has 2 N–H and O–H groups in total. The molecule has 0 aliphatic rings. The van der Waals surface area contributed by atoms with E-state index in [-0.39, 0.29) is 0 Å². The topological polar surface area (TPSA) is 40.5 Å². The van der Waals surface area contributed by atoms with Crippen LogP contribution in [0, 0.1) is 11.6 Å². The fourth-order valence-electron chi connectivity index (χ4n) is 1.12. The van der Waals surface area contributed by atoms with Crippen molar-refractivity contribution in [2.24, 2.45) is 0 Å². The average molecular weight is 188 g/mol. The summed E-state index contributed by atoms with van der Waals surface area (Å²) in [5.74, 6) is -2.61. The first-order valence-corrected chi connectivity index (χ1v) is 3.74. The molecule has 2 nitrogen and oxygen atoms in total. The van der Waals surface area contributed by atoms with Crippen molar-refractivity contribution in [2.75, 3.05) is 0 Å². The second-order valence-electron chi connectivity index (χ2n) is 3.31. The predicted octanol–water partition coefficient (Wildman–Crippen LogP) is 1.90. The van der Waals surface area contributed by atoms with Gasteiger partial charge in [0.25, 0.3) is 0 Å². The van der Waals surface area contributed by atoms with Gasteiger partial charge < -0.3 is 10.2 Å². The average Bonchev–Trinajstić information content (AvgIpc) is 1.95. The van der Waals surface area contributed by atoms with Crippen LogP contribution in [0.2, 0.25) is 0 Å². The van der Waals surface area contributed by atoms with E-state index in [4.69, 9.17) is 5.11 Å². The largest absolute Gasteiger partial charge is 0.504 e. The first-order valence-electron chi connectivity index (χ1n) is 3.74. The molecule has 0 unspecified atom stereocenters. The van der Waals surface area contributed by atoms with Crippen LogP contribution in [0.15, 0.2) is 12.1 Å². The van der Waals surface area contributed by atoms with Gasteiger partial charge >= 0.3 is 0 Å². The zero-order valence-corrected chi connectivity index (χ0v) is 7.31. The summed E-state index contributed by atoms with van der Waals surface area (Å²) in [4.78, 5) is 0. The number of benzene rings is 1. The number of aromatic hydroxyl groups is 1. The molecule has 0 radical (unpaired) electrons. The molecular weight excluding hydrogens is 178 g/mol. The van der Waals surface area contributed by atoms with Crippen LogP contribution in [0.4, 0.5) is 8.78 Å². The van der Waals surface area contributed by atoms with Gasteiger partial charge in [0.1, 0.15) is 5.82 Å². The lowest BCUT2D eigenvalue weighted by atomic mass is 9.96. The number of halogens is 2. The molecule has 72 valence electrons. The Bertz CT molecular complexity index is 329. The van der Waals surface area contributed by atoms with Gasteiger partial charge in [0.2, 0.25) is 0 Å². The summed E-state index contributed by atoms with van der Waals surface area (Å²) >= 11 is 0. The Balaban J connectivity index is 3.43. The van der Waals surface area contributed by atoms with Crippen LogP contribution in [0.3, 0.4) is 0 Å². The van der Waals surface area contributed by atoms with Crippen molar-refractivity contribution in [3.05, 3.63) is 29.3 Å². The van der Waals surface area contributed by atoms with Crippen molar-refractivity contribution in [1.29, 1.82) is 0 Å². The Hall–Kier alpha value is -1.16. The summed E-state index contributed by atoms with van der Waals surface area (Å²) in [6, 6.07) is 1.67. The Morgan fingerprint density at radius 1 is 1.15 bits per heavy atom. The van der Waals surface area contributed by atoms with Crippen LogP contribution >= 0.6 is 0 Å². The fourth-order valence-corrected chi connectivity index (χ4v) is 1.12. The van der Waals surface area contributed by atoms with Crippen LogP contribution in [0.1, 0.15) is 19.4 Å². The molecular formula is C9H10F2O2. The quantitative estimate of drug-likeness (QED) is 0.706. The molecule has 0 aromatic heterocycles. The molecule has 1 aromatic carbocycles. The van der Waals surface area contributed by atoms with Crippen molar-refractivity contribution in [1.82, 2.24) is 0 Å². The highest BCUT2D eigenvalue weighted by molar-refractivity contribution is 5.38. The van der Waals surface area contributed by atoms with Gasteiger partial charge in [-0.1, -0.05) is 0 Å². The molecule has 0 fully saturated rings. The first-order chi connectivity index (χ1) is 5.84. The Morgan fingerprint density at radius 2 is 1.62 bits per heavy atom. The number of phenols is 1. The van der Waals surface area contributed by atoms with E-state index in [1.165, 1.54) is 13.8 Å². The van der Waals surface area contributed by atoms with Gasteiger partial charge in [-0.2, -0.15) is 0 Å². The maximum atomic E-state index is 13.0. The molecule has 0 aliphatic carbocycles. The van der Waals surface area contributed by atoms with E-state index in [1.54, 1.807) is 0 Å². The summed E-state index contributed by atoms with van der Waals surface area (Å²) in [5.41, 5.74) is -2.02. The van der Waals surface area contributed by atoms with Gasteiger partial charge in [0.05, 0.1) is 11.2 Å². The normalized spacial score (nSPS) is 11.8. The lowest BCUT2D eigenvalue weighted by molar-refractivity contribution is 0.0709. The molecule has 1 rings (SSSR count). The van der Waals surface area contributed by atoms with E-state index < -0.39 is 28.5 Å². The summed E-state index contributed by atoms with van der Waals surface area (Å²) < 4.78 is 25.8. The fraction of sp³-hybridized carbons (Fsp3) is 0.333. The molecule has 0 saturated heterocycles. The Kier molecular flexibility index (Phi) is 2.26. The third kappa shape index (κ3) is 1.78. The van der Waals surface area contributed by atoms with E-state index in [9.17, 15) is 13.9 Å². The van der Waals surface area contributed by atoms with Crippen molar-refractivity contribution in [2.45, 2.75) is 19.4 Å². The van der Waals surface area contributed by atoms with Gasteiger partial charge in [-0.15, -0.1) is 0 Å². The van der Waals surface area contributed by atoms with Gasteiger partial charge in [0, 0.05) is 0 Å². The SMILES string of the molecule is CC(C)(O)c1c(F)ccc(F)c1O. The minimum absolute atomic E-state index is 0.424. The summed E-state index contributed by atoms with van der Waals surface area (Å²) in [6.45, 7) is 2.54. The smallest absolute Gasteiger partial charge is 0.165 e.